The lowest BCUT2D eigenvalue weighted by molar-refractivity contribution is 0.284. The molecule has 1 aromatic rings. The van der Waals surface area contributed by atoms with Gasteiger partial charge in [0.2, 0.25) is 0 Å². The molecule has 1 aromatic heterocycles. The minimum absolute atomic E-state index is 0.112. The maximum atomic E-state index is 5.96. The number of furan rings is 1. The Morgan fingerprint density at radius 2 is 2.10 bits per heavy atom. The fourth-order valence-electron chi connectivity index (χ4n) is 2.04. The van der Waals surface area contributed by atoms with E-state index in [1.807, 2.05) is 6.08 Å². The van der Waals surface area contributed by atoms with Crippen LogP contribution in [0.1, 0.15) is 50.7 Å². The van der Waals surface area contributed by atoms with Gasteiger partial charge < -0.3 is 9.73 Å². The normalized spacial score (nSPS) is 12.1. The molecule has 0 unspecified atom stereocenters. The monoisotopic (exact) mass is 278 g/mol. The van der Waals surface area contributed by atoms with E-state index in [4.69, 9.17) is 4.42 Å². The Morgan fingerprint density at radius 3 is 2.70 bits per heavy atom. The van der Waals surface area contributed by atoms with Crippen LogP contribution in [0.15, 0.2) is 23.1 Å². The van der Waals surface area contributed by atoms with Crippen LogP contribution < -0.4 is 5.32 Å². The van der Waals surface area contributed by atoms with Crippen LogP contribution in [0.4, 0.5) is 0 Å². The molecule has 0 fully saturated rings. The van der Waals surface area contributed by atoms with E-state index in [0.29, 0.717) is 0 Å². The smallest absolute Gasteiger partial charge is 0.120 e. The zero-order valence-electron chi connectivity index (χ0n) is 13.8. The Labute approximate surface area is 124 Å². The molecule has 0 saturated heterocycles. The number of nitrogens with one attached hydrogen (secondary N) is 1. The van der Waals surface area contributed by atoms with Crippen LogP contribution in [0.3, 0.4) is 0 Å². The van der Waals surface area contributed by atoms with Gasteiger partial charge in [-0.15, -0.1) is 6.58 Å². The first-order valence-electron chi connectivity index (χ1n) is 7.44. The predicted octanol–water partition coefficient (Wildman–Crippen LogP) is 3.87. The maximum Gasteiger partial charge on any atom is 0.120 e. The van der Waals surface area contributed by atoms with Gasteiger partial charge in [-0.3, -0.25) is 4.90 Å². The van der Waals surface area contributed by atoms with E-state index < -0.39 is 0 Å². The third-order valence-corrected chi connectivity index (χ3v) is 3.22. The average Bonchev–Trinajstić information content (AvgIpc) is 2.66. The number of hydrogen-bond donors (Lipinski definition) is 1. The van der Waals surface area contributed by atoms with Gasteiger partial charge in [-0.2, -0.15) is 0 Å². The molecule has 0 aliphatic heterocycles. The van der Waals surface area contributed by atoms with E-state index >= 15 is 0 Å². The van der Waals surface area contributed by atoms with Crippen LogP contribution in [0.5, 0.6) is 0 Å². The van der Waals surface area contributed by atoms with Crippen molar-refractivity contribution in [3.05, 3.63) is 35.8 Å². The van der Waals surface area contributed by atoms with Gasteiger partial charge in [-0.05, 0) is 65.8 Å². The van der Waals surface area contributed by atoms with Crippen LogP contribution in [0.25, 0.3) is 0 Å². The fraction of sp³-hybridized carbons (Fsp3) is 0.647. The molecule has 0 radical (unpaired) electrons. The predicted molar refractivity (Wildman–Crippen MR) is 85.8 cm³/mol. The third kappa shape index (κ3) is 6.40. The summed E-state index contributed by atoms with van der Waals surface area (Å²) in [4.78, 5) is 2.29. The maximum absolute atomic E-state index is 5.96. The van der Waals surface area contributed by atoms with E-state index in [1.54, 1.807) is 0 Å². The molecule has 20 heavy (non-hydrogen) atoms. The fourth-order valence-corrected chi connectivity index (χ4v) is 2.04. The summed E-state index contributed by atoms with van der Waals surface area (Å²) < 4.78 is 5.96. The molecule has 0 amide bonds. The molecule has 0 bridgehead atoms. The van der Waals surface area contributed by atoms with Gasteiger partial charge in [0.1, 0.15) is 11.5 Å². The van der Waals surface area contributed by atoms with Gasteiger partial charge in [-0.25, -0.2) is 0 Å². The lowest BCUT2D eigenvalue weighted by Crippen LogP contribution is -2.35. The molecule has 3 nitrogen and oxygen atoms in total. The molecule has 0 aliphatic carbocycles. The molecule has 1 rings (SSSR count). The molecule has 0 aliphatic rings. The van der Waals surface area contributed by atoms with Crippen molar-refractivity contribution in [1.29, 1.82) is 0 Å². The van der Waals surface area contributed by atoms with Crippen molar-refractivity contribution >= 4 is 0 Å². The van der Waals surface area contributed by atoms with Gasteiger partial charge in [0.25, 0.3) is 0 Å². The lowest BCUT2D eigenvalue weighted by atomic mass is 10.1. The molecule has 0 spiro atoms. The van der Waals surface area contributed by atoms with Crippen LogP contribution in [0, 0.1) is 6.92 Å². The molecule has 0 saturated carbocycles. The Balaban J connectivity index is 2.50. The highest BCUT2D eigenvalue weighted by molar-refractivity contribution is 5.20. The molecule has 3 heteroatoms. The van der Waals surface area contributed by atoms with Gasteiger partial charge in [0.05, 0.1) is 13.1 Å². The van der Waals surface area contributed by atoms with Crippen LogP contribution in [-0.4, -0.2) is 24.0 Å². The zero-order valence-corrected chi connectivity index (χ0v) is 13.8. The van der Waals surface area contributed by atoms with Crippen LogP contribution in [-0.2, 0) is 13.1 Å². The van der Waals surface area contributed by atoms with E-state index in [0.717, 1.165) is 44.0 Å². The second kappa shape index (κ2) is 7.65. The van der Waals surface area contributed by atoms with Gasteiger partial charge in [0.15, 0.2) is 0 Å². The molecule has 1 heterocycles. The average molecular weight is 278 g/mol. The van der Waals surface area contributed by atoms with Gasteiger partial charge >= 0.3 is 0 Å². The second-order valence-corrected chi connectivity index (χ2v) is 6.59. The Bertz CT molecular complexity index is 415. The van der Waals surface area contributed by atoms with Crippen molar-refractivity contribution in [1.82, 2.24) is 10.2 Å². The van der Waals surface area contributed by atoms with Crippen molar-refractivity contribution in [3.8, 4) is 0 Å². The number of rotatable bonds is 8. The molecule has 0 atom stereocenters. The molecule has 1 N–H and O–H groups in total. The van der Waals surface area contributed by atoms with Gasteiger partial charge in [-0.1, -0.05) is 6.08 Å². The number of hydrogen-bond acceptors (Lipinski definition) is 3. The summed E-state index contributed by atoms with van der Waals surface area (Å²) in [7, 11) is 2.13. The van der Waals surface area contributed by atoms with Crippen molar-refractivity contribution in [2.24, 2.45) is 0 Å². The minimum Gasteiger partial charge on any atom is -0.463 e. The van der Waals surface area contributed by atoms with E-state index in [9.17, 15) is 0 Å². The summed E-state index contributed by atoms with van der Waals surface area (Å²) >= 11 is 0. The lowest BCUT2D eigenvalue weighted by Gasteiger charge is -2.19. The van der Waals surface area contributed by atoms with Crippen LogP contribution >= 0.6 is 0 Å². The quantitative estimate of drug-likeness (QED) is 0.578. The van der Waals surface area contributed by atoms with Crippen molar-refractivity contribution in [2.45, 2.75) is 59.2 Å². The summed E-state index contributed by atoms with van der Waals surface area (Å²) in [6, 6.07) is 2.16. The van der Waals surface area contributed by atoms with E-state index in [-0.39, 0.29) is 5.54 Å². The second-order valence-electron chi connectivity index (χ2n) is 6.59. The highest BCUT2D eigenvalue weighted by Gasteiger charge is 2.13. The van der Waals surface area contributed by atoms with Crippen molar-refractivity contribution in [2.75, 3.05) is 13.6 Å². The summed E-state index contributed by atoms with van der Waals surface area (Å²) in [6.07, 6.45) is 4.20. The number of aryl methyl sites for hydroxylation is 1. The minimum atomic E-state index is 0.112. The first-order chi connectivity index (χ1) is 9.31. The van der Waals surface area contributed by atoms with Crippen molar-refractivity contribution in [3.63, 3.8) is 0 Å². The summed E-state index contributed by atoms with van der Waals surface area (Å²) in [5.41, 5.74) is 1.34. The Morgan fingerprint density at radius 1 is 1.40 bits per heavy atom. The molecular formula is C17H30N2O. The van der Waals surface area contributed by atoms with E-state index in [1.165, 1.54) is 5.56 Å². The standard InChI is InChI=1S/C17H30N2O/c1-7-8-9-10-19(6)13-15-11-14(2)16(20-15)12-18-17(3,4)5/h7,11,18H,1,8-10,12-13H2,2-6H3. The highest BCUT2D eigenvalue weighted by Crippen LogP contribution is 2.17. The molecule has 0 aromatic carbocycles. The zero-order chi connectivity index (χ0) is 15.2. The largest absolute Gasteiger partial charge is 0.463 e. The number of nitrogens with zero attached hydrogens (tertiary/aromatic N) is 1. The topological polar surface area (TPSA) is 28.4 Å². The van der Waals surface area contributed by atoms with Crippen LogP contribution in [0.2, 0.25) is 0 Å². The summed E-state index contributed by atoms with van der Waals surface area (Å²) in [5.74, 6) is 2.10. The Hall–Kier alpha value is -1.06. The number of allylic oxidation sites excluding steroid dienone is 1. The first-order valence-corrected chi connectivity index (χ1v) is 7.44. The SMILES string of the molecule is C=CCCCN(C)Cc1cc(C)c(CNC(C)(C)C)o1. The number of unbranched alkanes of at least 4 members (excludes halogenated alkanes) is 1. The van der Waals surface area contributed by atoms with Crippen molar-refractivity contribution < 1.29 is 4.42 Å². The summed E-state index contributed by atoms with van der Waals surface area (Å²) in [6.45, 7) is 15.1. The first kappa shape index (κ1) is 17.0. The Kier molecular flexibility index (Phi) is 6.50. The highest BCUT2D eigenvalue weighted by atomic mass is 16.3. The third-order valence-electron chi connectivity index (χ3n) is 3.22. The molecular weight excluding hydrogens is 248 g/mol. The van der Waals surface area contributed by atoms with E-state index in [2.05, 4.69) is 57.6 Å². The van der Waals surface area contributed by atoms with Gasteiger partial charge in [0, 0.05) is 5.54 Å². The molecule has 114 valence electrons. The summed E-state index contributed by atoms with van der Waals surface area (Å²) in [5, 5.41) is 3.47.